The summed E-state index contributed by atoms with van der Waals surface area (Å²) < 4.78 is 2.13. The van der Waals surface area contributed by atoms with Crippen LogP contribution in [0.15, 0.2) is 85.2 Å². The van der Waals surface area contributed by atoms with E-state index in [1.165, 1.54) is 22.4 Å². The highest BCUT2D eigenvalue weighted by Crippen LogP contribution is 2.33. The van der Waals surface area contributed by atoms with Gasteiger partial charge in [0.1, 0.15) is 6.33 Å². The van der Waals surface area contributed by atoms with Crippen LogP contribution in [0.1, 0.15) is 18.9 Å². The Morgan fingerprint density at radius 2 is 1.46 bits per heavy atom. The third-order valence-electron chi connectivity index (χ3n) is 4.54. The van der Waals surface area contributed by atoms with Crippen LogP contribution in [-0.2, 0) is 6.42 Å². The Kier molecular flexibility index (Phi) is 4.61. The van der Waals surface area contributed by atoms with Crippen LogP contribution in [0, 0.1) is 0 Å². The molecule has 0 aliphatic rings. The molecule has 0 aliphatic carbocycles. The van der Waals surface area contributed by atoms with Gasteiger partial charge < -0.3 is 0 Å². The molecule has 0 saturated carbocycles. The Morgan fingerprint density at radius 1 is 0.769 bits per heavy atom. The van der Waals surface area contributed by atoms with Crippen molar-refractivity contribution in [2.45, 2.75) is 19.8 Å². The third-order valence-corrected chi connectivity index (χ3v) is 4.54. The first-order valence-corrected chi connectivity index (χ1v) is 9.01. The zero-order valence-electron chi connectivity index (χ0n) is 14.8. The lowest BCUT2D eigenvalue weighted by Gasteiger charge is -2.17. The van der Waals surface area contributed by atoms with E-state index >= 15 is 0 Å². The number of aryl methyl sites for hydroxylation is 1. The zero-order valence-corrected chi connectivity index (χ0v) is 14.8. The molecule has 0 aliphatic heterocycles. The number of rotatable bonds is 5. The molecular weight excluding hydrogens is 318 g/mol. The maximum Gasteiger partial charge on any atom is 0.168 e. The van der Waals surface area contributed by atoms with Gasteiger partial charge in [-0.1, -0.05) is 92.2 Å². The summed E-state index contributed by atoms with van der Waals surface area (Å²) in [5.74, 6) is 0.867. The highest BCUT2D eigenvalue weighted by molar-refractivity contribution is 5.76. The van der Waals surface area contributed by atoms with Crippen molar-refractivity contribution in [3.8, 4) is 28.2 Å². The minimum atomic E-state index is 0.867. The molecule has 0 radical (unpaired) electrons. The summed E-state index contributed by atoms with van der Waals surface area (Å²) in [7, 11) is 0. The lowest BCUT2D eigenvalue weighted by Crippen LogP contribution is -2.04. The highest BCUT2D eigenvalue weighted by atomic mass is 15.3. The van der Waals surface area contributed by atoms with Crippen LogP contribution in [-0.4, -0.2) is 14.8 Å². The summed E-state index contributed by atoms with van der Waals surface area (Å²) in [6, 6.07) is 27.3. The summed E-state index contributed by atoms with van der Waals surface area (Å²) in [5.41, 5.74) is 5.95. The quantitative estimate of drug-likeness (QED) is 0.477. The topological polar surface area (TPSA) is 30.7 Å². The Balaban J connectivity index is 1.96. The molecule has 0 spiro atoms. The van der Waals surface area contributed by atoms with Crippen LogP contribution in [0.4, 0.5) is 0 Å². The van der Waals surface area contributed by atoms with Crippen molar-refractivity contribution in [1.82, 2.24) is 14.8 Å². The van der Waals surface area contributed by atoms with E-state index in [0.717, 1.165) is 24.2 Å². The van der Waals surface area contributed by atoms with Crippen LogP contribution in [0.5, 0.6) is 0 Å². The molecule has 4 rings (SSSR count). The van der Waals surface area contributed by atoms with E-state index in [9.17, 15) is 0 Å². The fraction of sp³-hybridized carbons (Fsp3) is 0.130. The summed E-state index contributed by atoms with van der Waals surface area (Å²) in [4.78, 5) is 0. The lowest BCUT2D eigenvalue weighted by atomic mass is 9.97. The van der Waals surface area contributed by atoms with Gasteiger partial charge in [0, 0.05) is 11.1 Å². The van der Waals surface area contributed by atoms with E-state index in [2.05, 4.69) is 76.3 Å². The number of para-hydroxylation sites is 1. The second-order valence-corrected chi connectivity index (χ2v) is 6.32. The number of hydrogen-bond donors (Lipinski definition) is 0. The molecule has 0 saturated heterocycles. The smallest absolute Gasteiger partial charge is 0.168 e. The molecule has 0 amide bonds. The molecule has 0 N–H and O–H groups in total. The van der Waals surface area contributed by atoms with Crippen LogP contribution < -0.4 is 0 Å². The van der Waals surface area contributed by atoms with Gasteiger partial charge in [0.2, 0.25) is 0 Å². The van der Waals surface area contributed by atoms with Crippen molar-refractivity contribution in [3.63, 3.8) is 0 Å². The number of aromatic nitrogens is 3. The van der Waals surface area contributed by atoms with Gasteiger partial charge in [-0.15, -0.1) is 10.2 Å². The van der Waals surface area contributed by atoms with Crippen LogP contribution >= 0.6 is 0 Å². The molecule has 3 aromatic carbocycles. The molecule has 128 valence electrons. The molecule has 1 heterocycles. The molecule has 26 heavy (non-hydrogen) atoms. The Labute approximate surface area is 154 Å². The van der Waals surface area contributed by atoms with Gasteiger partial charge in [-0.3, -0.25) is 4.57 Å². The molecule has 0 fully saturated rings. The molecule has 1 aromatic heterocycles. The van der Waals surface area contributed by atoms with Crippen molar-refractivity contribution < 1.29 is 0 Å². The number of benzene rings is 3. The van der Waals surface area contributed by atoms with Gasteiger partial charge in [0.15, 0.2) is 5.82 Å². The van der Waals surface area contributed by atoms with Gasteiger partial charge in [-0.2, -0.15) is 0 Å². The van der Waals surface area contributed by atoms with Crippen molar-refractivity contribution in [3.05, 3.63) is 90.8 Å². The van der Waals surface area contributed by atoms with E-state index in [4.69, 9.17) is 0 Å². The molecule has 4 aromatic rings. The van der Waals surface area contributed by atoms with E-state index in [1.807, 2.05) is 30.6 Å². The fourth-order valence-electron chi connectivity index (χ4n) is 3.38. The van der Waals surface area contributed by atoms with Crippen molar-refractivity contribution in [2.75, 3.05) is 0 Å². The monoisotopic (exact) mass is 339 g/mol. The predicted octanol–water partition coefficient (Wildman–Crippen LogP) is 5.55. The zero-order chi connectivity index (χ0) is 17.8. The van der Waals surface area contributed by atoms with E-state index in [-0.39, 0.29) is 0 Å². The maximum atomic E-state index is 4.41. The average molecular weight is 339 g/mol. The largest absolute Gasteiger partial charge is 0.281 e. The van der Waals surface area contributed by atoms with E-state index in [1.54, 1.807) is 0 Å². The predicted molar refractivity (Wildman–Crippen MR) is 106 cm³/mol. The minimum absolute atomic E-state index is 0.867. The van der Waals surface area contributed by atoms with Gasteiger partial charge in [-0.25, -0.2) is 0 Å². The average Bonchev–Trinajstić information content (AvgIpc) is 3.19. The minimum Gasteiger partial charge on any atom is -0.281 e. The second kappa shape index (κ2) is 7.36. The van der Waals surface area contributed by atoms with Crippen molar-refractivity contribution in [1.29, 1.82) is 0 Å². The van der Waals surface area contributed by atoms with Gasteiger partial charge in [-0.05, 0) is 17.5 Å². The number of hydrogen-bond acceptors (Lipinski definition) is 2. The van der Waals surface area contributed by atoms with Crippen LogP contribution in [0.3, 0.4) is 0 Å². The standard InChI is InChI=1S/C23H21N3/c1-2-10-19-15-9-16-21(18-11-5-3-6-12-18)22(19)26-17-24-25-23(26)20-13-7-4-8-14-20/h3-9,11-17H,2,10H2,1H3. The second-order valence-electron chi connectivity index (χ2n) is 6.32. The molecule has 0 atom stereocenters. The van der Waals surface area contributed by atoms with E-state index in [0.29, 0.717) is 0 Å². The van der Waals surface area contributed by atoms with Crippen LogP contribution in [0.2, 0.25) is 0 Å². The van der Waals surface area contributed by atoms with E-state index < -0.39 is 0 Å². The first kappa shape index (κ1) is 16.3. The van der Waals surface area contributed by atoms with Gasteiger partial charge >= 0.3 is 0 Å². The van der Waals surface area contributed by atoms with Gasteiger partial charge in [0.25, 0.3) is 0 Å². The molecular formula is C23H21N3. The lowest BCUT2D eigenvalue weighted by molar-refractivity contribution is 0.900. The Morgan fingerprint density at radius 3 is 2.15 bits per heavy atom. The molecule has 0 bridgehead atoms. The first-order chi connectivity index (χ1) is 12.9. The fourth-order valence-corrected chi connectivity index (χ4v) is 3.38. The van der Waals surface area contributed by atoms with Crippen LogP contribution in [0.25, 0.3) is 28.2 Å². The Bertz CT molecular complexity index is 988. The summed E-state index contributed by atoms with van der Waals surface area (Å²) in [6.07, 6.45) is 3.93. The summed E-state index contributed by atoms with van der Waals surface area (Å²) >= 11 is 0. The Hall–Kier alpha value is -3.20. The van der Waals surface area contributed by atoms with Gasteiger partial charge in [0.05, 0.1) is 5.69 Å². The molecule has 3 nitrogen and oxygen atoms in total. The molecule has 3 heteroatoms. The first-order valence-electron chi connectivity index (χ1n) is 9.01. The maximum absolute atomic E-state index is 4.41. The normalized spacial score (nSPS) is 10.8. The van der Waals surface area contributed by atoms with Crippen molar-refractivity contribution >= 4 is 0 Å². The SMILES string of the molecule is CCCc1cccc(-c2ccccc2)c1-n1cnnc1-c1ccccc1. The van der Waals surface area contributed by atoms with Crippen molar-refractivity contribution in [2.24, 2.45) is 0 Å². The summed E-state index contributed by atoms with van der Waals surface area (Å²) in [6.45, 7) is 2.21. The summed E-state index contributed by atoms with van der Waals surface area (Å²) in [5, 5.41) is 8.64. The third kappa shape index (κ3) is 3.04. The number of nitrogens with zero attached hydrogens (tertiary/aromatic N) is 3. The molecule has 0 unspecified atom stereocenters. The highest BCUT2D eigenvalue weighted by Gasteiger charge is 2.16.